The zero-order valence-electron chi connectivity index (χ0n) is 10.5. The van der Waals surface area contributed by atoms with Crippen molar-refractivity contribution in [1.29, 1.82) is 0 Å². The van der Waals surface area contributed by atoms with E-state index in [2.05, 4.69) is 36.3 Å². The van der Waals surface area contributed by atoms with E-state index in [0.29, 0.717) is 22.4 Å². The molecule has 1 aromatic rings. The summed E-state index contributed by atoms with van der Waals surface area (Å²) in [6.45, 7) is 9.48. The second-order valence-corrected chi connectivity index (χ2v) is 5.50. The van der Waals surface area contributed by atoms with Crippen LogP contribution in [-0.2, 0) is 0 Å². The second kappa shape index (κ2) is 6.91. The van der Waals surface area contributed by atoms with Gasteiger partial charge in [0, 0.05) is 18.2 Å². The largest absolute Gasteiger partial charge is 0.416 e. The fourth-order valence-corrected chi connectivity index (χ4v) is 2.50. The van der Waals surface area contributed by atoms with Gasteiger partial charge in [0.05, 0.1) is 0 Å². The summed E-state index contributed by atoms with van der Waals surface area (Å²) < 4.78 is 5.34. The Hall–Kier alpha value is -0.550. The topological polar surface area (TPSA) is 51.0 Å². The number of nitrogens with zero attached hydrogens (tertiary/aromatic N) is 2. The average Bonchev–Trinajstić information content (AvgIpc) is 2.60. The zero-order chi connectivity index (χ0) is 12.0. The standard InChI is InChI=1S/C11H21N3OS/c1-5-6-12-8(2)7-9(3)16-11-14-13-10(4)15-11/h8-9,12H,5-7H2,1-4H3. The summed E-state index contributed by atoms with van der Waals surface area (Å²) in [5.74, 6) is 0.631. The van der Waals surface area contributed by atoms with Crippen LogP contribution in [0.5, 0.6) is 0 Å². The Labute approximate surface area is 102 Å². The van der Waals surface area contributed by atoms with Crippen molar-refractivity contribution in [2.45, 2.75) is 57.1 Å². The van der Waals surface area contributed by atoms with Crippen molar-refractivity contribution >= 4 is 11.8 Å². The van der Waals surface area contributed by atoms with Crippen molar-refractivity contribution < 1.29 is 4.42 Å². The molecule has 2 unspecified atom stereocenters. The summed E-state index contributed by atoms with van der Waals surface area (Å²) in [5, 5.41) is 12.4. The minimum atomic E-state index is 0.485. The predicted octanol–water partition coefficient (Wildman–Crippen LogP) is 2.64. The van der Waals surface area contributed by atoms with Gasteiger partial charge in [-0.2, -0.15) is 0 Å². The molecule has 0 aliphatic rings. The highest BCUT2D eigenvalue weighted by atomic mass is 32.2. The van der Waals surface area contributed by atoms with E-state index in [1.165, 1.54) is 6.42 Å². The van der Waals surface area contributed by atoms with Crippen LogP contribution >= 0.6 is 11.8 Å². The van der Waals surface area contributed by atoms with E-state index < -0.39 is 0 Å². The van der Waals surface area contributed by atoms with Gasteiger partial charge in [0.1, 0.15) is 0 Å². The quantitative estimate of drug-likeness (QED) is 0.746. The first-order valence-electron chi connectivity index (χ1n) is 5.82. The normalized spacial score (nSPS) is 15.0. The molecule has 1 N–H and O–H groups in total. The minimum absolute atomic E-state index is 0.485. The molecule has 0 bridgehead atoms. The number of thioether (sulfide) groups is 1. The Bertz CT molecular complexity index is 303. The first-order chi connectivity index (χ1) is 7.61. The highest BCUT2D eigenvalue weighted by molar-refractivity contribution is 7.99. The third kappa shape index (κ3) is 4.99. The van der Waals surface area contributed by atoms with Gasteiger partial charge in [-0.3, -0.25) is 0 Å². The molecule has 2 atom stereocenters. The van der Waals surface area contributed by atoms with Crippen LogP contribution in [0.1, 0.15) is 39.5 Å². The lowest BCUT2D eigenvalue weighted by molar-refractivity contribution is 0.427. The van der Waals surface area contributed by atoms with E-state index in [0.717, 1.165) is 13.0 Å². The first kappa shape index (κ1) is 13.5. The molecule has 1 rings (SSSR count). The van der Waals surface area contributed by atoms with Crippen molar-refractivity contribution in [3.63, 3.8) is 0 Å². The molecule has 5 heteroatoms. The lowest BCUT2D eigenvalue weighted by Crippen LogP contribution is -2.29. The maximum absolute atomic E-state index is 5.34. The molecule has 0 saturated carbocycles. The molecule has 0 saturated heterocycles. The Balaban J connectivity index is 2.27. The van der Waals surface area contributed by atoms with Crippen LogP contribution < -0.4 is 5.32 Å². The molecule has 0 spiro atoms. The fraction of sp³-hybridized carbons (Fsp3) is 0.818. The summed E-state index contributed by atoms with van der Waals surface area (Å²) in [4.78, 5) is 0. The van der Waals surface area contributed by atoms with E-state index in [4.69, 9.17) is 4.42 Å². The Morgan fingerprint density at radius 3 is 2.69 bits per heavy atom. The molecule has 0 amide bonds. The molecular formula is C11H21N3OS. The third-order valence-electron chi connectivity index (χ3n) is 2.24. The van der Waals surface area contributed by atoms with Gasteiger partial charge in [-0.1, -0.05) is 25.6 Å². The molecular weight excluding hydrogens is 222 g/mol. The van der Waals surface area contributed by atoms with Crippen molar-refractivity contribution in [2.24, 2.45) is 0 Å². The van der Waals surface area contributed by atoms with Crippen LogP contribution in [0.2, 0.25) is 0 Å². The number of hydrogen-bond donors (Lipinski definition) is 1. The van der Waals surface area contributed by atoms with Crippen molar-refractivity contribution in [2.75, 3.05) is 6.54 Å². The lowest BCUT2D eigenvalue weighted by atomic mass is 10.2. The molecule has 0 aliphatic heterocycles. The van der Waals surface area contributed by atoms with Gasteiger partial charge >= 0.3 is 0 Å². The monoisotopic (exact) mass is 243 g/mol. The van der Waals surface area contributed by atoms with Gasteiger partial charge in [-0.25, -0.2) is 0 Å². The van der Waals surface area contributed by atoms with Crippen molar-refractivity contribution in [3.05, 3.63) is 5.89 Å². The Morgan fingerprint density at radius 2 is 2.12 bits per heavy atom. The molecule has 0 aromatic carbocycles. The van der Waals surface area contributed by atoms with Crippen LogP contribution in [0.4, 0.5) is 0 Å². The van der Waals surface area contributed by atoms with Crippen LogP contribution in [0.3, 0.4) is 0 Å². The Morgan fingerprint density at radius 1 is 1.38 bits per heavy atom. The average molecular weight is 243 g/mol. The van der Waals surface area contributed by atoms with Gasteiger partial charge in [-0.05, 0) is 26.3 Å². The summed E-state index contributed by atoms with van der Waals surface area (Å²) in [7, 11) is 0. The van der Waals surface area contributed by atoms with E-state index in [1.807, 2.05) is 6.92 Å². The van der Waals surface area contributed by atoms with Crippen LogP contribution in [-0.4, -0.2) is 28.0 Å². The van der Waals surface area contributed by atoms with Gasteiger partial charge < -0.3 is 9.73 Å². The zero-order valence-corrected chi connectivity index (χ0v) is 11.3. The maximum atomic E-state index is 5.34. The van der Waals surface area contributed by atoms with Crippen molar-refractivity contribution in [3.8, 4) is 0 Å². The number of aryl methyl sites for hydroxylation is 1. The molecule has 0 fully saturated rings. The molecule has 1 aromatic heterocycles. The van der Waals surface area contributed by atoms with Crippen LogP contribution in [0, 0.1) is 6.92 Å². The fourth-order valence-electron chi connectivity index (χ4n) is 1.52. The molecule has 1 heterocycles. The Kier molecular flexibility index (Phi) is 5.84. The van der Waals surface area contributed by atoms with Gasteiger partial charge in [0.25, 0.3) is 5.22 Å². The highest BCUT2D eigenvalue weighted by Gasteiger charge is 2.12. The number of nitrogens with one attached hydrogen (secondary N) is 1. The second-order valence-electron chi connectivity index (χ2n) is 4.11. The molecule has 0 aliphatic carbocycles. The van der Waals surface area contributed by atoms with Gasteiger partial charge in [-0.15, -0.1) is 10.2 Å². The van der Waals surface area contributed by atoms with E-state index in [1.54, 1.807) is 11.8 Å². The van der Waals surface area contributed by atoms with Crippen LogP contribution in [0.25, 0.3) is 0 Å². The summed E-state index contributed by atoms with van der Waals surface area (Å²) in [6.07, 6.45) is 2.28. The molecule has 16 heavy (non-hydrogen) atoms. The number of aromatic nitrogens is 2. The van der Waals surface area contributed by atoms with Gasteiger partial charge in [0.15, 0.2) is 0 Å². The van der Waals surface area contributed by atoms with Crippen LogP contribution in [0.15, 0.2) is 9.64 Å². The first-order valence-corrected chi connectivity index (χ1v) is 6.70. The lowest BCUT2D eigenvalue weighted by Gasteiger charge is -2.16. The molecule has 0 radical (unpaired) electrons. The number of rotatable bonds is 7. The number of hydrogen-bond acceptors (Lipinski definition) is 5. The molecule has 92 valence electrons. The van der Waals surface area contributed by atoms with Gasteiger partial charge in [0.2, 0.25) is 5.89 Å². The predicted molar refractivity (Wildman–Crippen MR) is 66.7 cm³/mol. The highest BCUT2D eigenvalue weighted by Crippen LogP contribution is 2.24. The van der Waals surface area contributed by atoms with E-state index in [9.17, 15) is 0 Å². The summed E-state index contributed by atoms with van der Waals surface area (Å²) in [5.41, 5.74) is 0. The SMILES string of the molecule is CCCNC(C)CC(C)Sc1nnc(C)o1. The third-order valence-corrected chi connectivity index (χ3v) is 3.20. The summed E-state index contributed by atoms with van der Waals surface area (Å²) >= 11 is 1.65. The van der Waals surface area contributed by atoms with Crippen molar-refractivity contribution in [1.82, 2.24) is 15.5 Å². The maximum Gasteiger partial charge on any atom is 0.276 e. The van der Waals surface area contributed by atoms with E-state index >= 15 is 0 Å². The smallest absolute Gasteiger partial charge is 0.276 e. The molecule has 4 nitrogen and oxygen atoms in total. The minimum Gasteiger partial charge on any atom is -0.416 e. The summed E-state index contributed by atoms with van der Waals surface area (Å²) in [6, 6.07) is 0.534. The van der Waals surface area contributed by atoms with E-state index in [-0.39, 0.29) is 0 Å².